The molecule has 0 atom stereocenters. The molecule has 4 rings (SSSR count). The highest BCUT2D eigenvalue weighted by atomic mass is 35.5. The molecule has 31 heavy (non-hydrogen) atoms. The second-order valence-corrected chi connectivity index (χ2v) is 9.59. The van der Waals surface area contributed by atoms with Gasteiger partial charge in [0.2, 0.25) is 0 Å². The zero-order chi connectivity index (χ0) is 22.2. The Bertz CT molecular complexity index is 1390. The Balaban J connectivity index is 1.82. The summed E-state index contributed by atoms with van der Waals surface area (Å²) in [7, 11) is -4.08. The average molecular weight is 473 g/mol. The number of fused-ring (bicyclic) bond motifs is 1. The first-order valence-corrected chi connectivity index (χ1v) is 11.6. The van der Waals surface area contributed by atoms with E-state index in [2.05, 4.69) is 20.0 Å². The Morgan fingerprint density at radius 2 is 1.42 bits per heavy atom. The summed E-state index contributed by atoms with van der Waals surface area (Å²) in [6, 6.07) is 17.4. The quantitative estimate of drug-likeness (QED) is 0.366. The average Bonchev–Trinajstić information content (AvgIpc) is 2.69. The Hall–Kier alpha value is -2.87. The summed E-state index contributed by atoms with van der Waals surface area (Å²) in [5.74, 6) is 0.319. The molecule has 4 aromatic rings. The molecule has 0 saturated carbocycles. The second-order valence-electron chi connectivity index (χ2n) is 7.09. The van der Waals surface area contributed by atoms with E-state index in [-0.39, 0.29) is 26.6 Å². The third kappa shape index (κ3) is 4.74. The number of aromatic nitrogens is 2. The minimum Gasteiger partial charge on any atom is -0.337 e. The van der Waals surface area contributed by atoms with Crippen LogP contribution in [-0.2, 0) is 10.0 Å². The zero-order valence-corrected chi connectivity index (χ0v) is 19.0. The van der Waals surface area contributed by atoms with Gasteiger partial charge in [-0.2, -0.15) is 0 Å². The minimum absolute atomic E-state index is 0.0499. The van der Waals surface area contributed by atoms with Gasteiger partial charge in [0.25, 0.3) is 10.0 Å². The largest absolute Gasteiger partial charge is 0.337 e. The Labute approximate surface area is 190 Å². The number of hydrogen-bond acceptors (Lipinski definition) is 5. The van der Waals surface area contributed by atoms with Crippen LogP contribution in [-0.4, -0.2) is 18.4 Å². The number of nitrogens with zero attached hydrogens (tertiary/aromatic N) is 2. The van der Waals surface area contributed by atoms with E-state index in [0.29, 0.717) is 11.0 Å². The first kappa shape index (κ1) is 21.4. The van der Waals surface area contributed by atoms with Crippen molar-refractivity contribution in [1.29, 1.82) is 0 Å². The molecule has 1 aromatic heterocycles. The molecule has 0 spiro atoms. The fourth-order valence-electron chi connectivity index (χ4n) is 3.21. The molecule has 0 radical (unpaired) electrons. The number of anilines is 3. The first-order chi connectivity index (χ1) is 14.7. The van der Waals surface area contributed by atoms with E-state index in [1.54, 1.807) is 18.2 Å². The van der Waals surface area contributed by atoms with E-state index in [1.807, 2.05) is 38.1 Å². The van der Waals surface area contributed by atoms with Crippen LogP contribution in [0.1, 0.15) is 11.1 Å². The van der Waals surface area contributed by atoms with Crippen molar-refractivity contribution in [2.75, 3.05) is 10.0 Å². The predicted octanol–water partition coefficient (Wildman–Crippen LogP) is 6.10. The van der Waals surface area contributed by atoms with Gasteiger partial charge in [-0.3, -0.25) is 4.72 Å². The summed E-state index contributed by atoms with van der Waals surface area (Å²) in [5, 5.41) is 3.49. The first-order valence-electron chi connectivity index (χ1n) is 9.31. The van der Waals surface area contributed by atoms with Crippen molar-refractivity contribution < 1.29 is 8.42 Å². The van der Waals surface area contributed by atoms with Crippen molar-refractivity contribution in [1.82, 2.24) is 9.97 Å². The minimum atomic E-state index is -4.08. The van der Waals surface area contributed by atoms with Crippen molar-refractivity contribution in [3.63, 3.8) is 0 Å². The third-order valence-corrected chi connectivity index (χ3v) is 6.52. The highest BCUT2D eigenvalue weighted by Crippen LogP contribution is 2.30. The standard InChI is InChI=1S/C22H18Cl2N4O2S/c1-13-9-14(2)11-16(10-13)25-21-22(27-19-6-4-3-5-18(19)26-21)28-31(29,30)20-12-15(23)7-8-17(20)24/h3-12H,1-2H3,(H,25,26)(H,27,28). The molecule has 0 fully saturated rings. The van der Waals surface area contributed by atoms with Crippen LogP contribution in [0.5, 0.6) is 0 Å². The van der Waals surface area contributed by atoms with Gasteiger partial charge in [0.1, 0.15) is 4.90 Å². The van der Waals surface area contributed by atoms with Crippen LogP contribution >= 0.6 is 23.2 Å². The highest BCUT2D eigenvalue weighted by molar-refractivity contribution is 7.92. The van der Waals surface area contributed by atoms with Crippen LogP contribution in [0.3, 0.4) is 0 Å². The second kappa shape index (κ2) is 8.34. The number of halogens is 2. The van der Waals surface area contributed by atoms with Gasteiger partial charge in [-0.05, 0) is 67.4 Å². The van der Waals surface area contributed by atoms with Gasteiger partial charge in [-0.25, -0.2) is 18.4 Å². The summed E-state index contributed by atoms with van der Waals surface area (Å²) in [5.41, 5.74) is 4.05. The summed E-state index contributed by atoms with van der Waals surface area (Å²) in [4.78, 5) is 8.93. The van der Waals surface area contributed by atoms with Gasteiger partial charge in [-0.1, -0.05) is 41.4 Å². The van der Waals surface area contributed by atoms with E-state index in [4.69, 9.17) is 23.2 Å². The highest BCUT2D eigenvalue weighted by Gasteiger charge is 2.22. The maximum atomic E-state index is 13.1. The number of sulfonamides is 1. The molecule has 9 heteroatoms. The Kier molecular flexibility index (Phi) is 5.75. The lowest BCUT2D eigenvalue weighted by molar-refractivity contribution is 0.601. The SMILES string of the molecule is Cc1cc(C)cc(Nc2nc3ccccc3nc2NS(=O)(=O)c2cc(Cl)ccc2Cl)c1. The zero-order valence-electron chi connectivity index (χ0n) is 16.6. The van der Waals surface area contributed by atoms with Crippen LogP contribution in [0.25, 0.3) is 11.0 Å². The number of para-hydroxylation sites is 2. The summed E-state index contributed by atoms with van der Waals surface area (Å²) in [6.07, 6.45) is 0. The van der Waals surface area contributed by atoms with E-state index < -0.39 is 10.0 Å². The molecule has 158 valence electrons. The maximum absolute atomic E-state index is 13.1. The predicted molar refractivity (Wildman–Crippen MR) is 126 cm³/mol. The van der Waals surface area contributed by atoms with Crippen molar-refractivity contribution >= 4 is 61.6 Å². The smallest absolute Gasteiger partial charge is 0.264 e. The number of rotatable bonds is 5. The van der Waals surface area contributed by atoms with Gasteiger partial charge >= 0.3 is 0 Å². The molecule has 0 bridgehead atoms. The molecule has 0 aliphatic heterocycles. The number of benzene rings is 3. The van der Waals surface area contributed by atoms with E-state index >= 15 is 0 Å². The van der Waals surface area contributed by atoms with Crippen LogP contribution in [0.15, 0.2) is 65.6 Å². The molecular formula is C22H18Cl2N4O2S. The lowest BCUT2D eigenvalue weighted by Gasteiger charge is -2.15. The molecule has 1 heterocycles. The van der Waals surface area contributed by atoms with Crippen LogP contribution in [0.2, 0.25) is 10.0 Å². The van der Waals surface area contributed by atoms with Crippen molar-refractivity contribution in [3.8, 4) is 0 Å². The van der Waals surface area contributed by atoms with Crippen molar-refractivity contribution in [3.05, 3.63) is 81.8 Å². The fraction of sp³-hybridized carbons (Fsp3) is 0.0909. The van der Waals surface area contributed by atoms with Gasteiger partial charge in [0.05, 0.1) is 16.1 Å². The van der Waals surface area contributed by atoms with Crippen LogP contribution in [0, 0.1) is 13.8 Å². The van der Waals surface area contributed by atoms with Gasteiger partial charge in [0.15, 0.2) is 11.6 Å². The van der Waals surface area contributed by atoms with E-state index in [0.717, 1.165) is 16.8 Å². The molecule has 0 aliphatic rings. The fourth-order valence-corrected chi connectivity index (χ4v) is 4.98. The van der Waals surface area contributed by atoms with Crippen molar-refractivity contribution in [2.24, 2.45) is 0 Å². The topological polar surface area (TPSA) is 84.0 Å². The van der Waals surface area contributed by atoms with E-state index in [1.165, 1.54) is 18.2 Å². The monoisotopic (exact) mass is 472 g/mol. The van der Waals surface area contributed by atoms with Gasteiger partial charge < -0.3 is 5.32 Å². The van der Waals surface area contributed by atoms with Crippen LogP contribution in [0.4, 0.5) is 17.3 Å². The molecule has 0 amide bonds. The molecule has 6 nitrogen and oxygen atoms in total. The molecule has 2 N–H and O–H groups in total. The van der Waals surface area contributed by atoms with Crippen molar-refractivity contribution in [2.45, 2.75) is 18.7 Å². The van der Waals surface area contributed by atoms with E-state index in [9.17, 15) is 8.42 Å². The molecule has 3 aromatic carbocycles. The summed E-state index contributed by atoms with van der Waals surface area (Å²) < 4.78 is 28.7. The maximum Gasteiger partial charge on any atom is 0.264 e. The Morgan fingerprint density at radius 3 is 2.06 bits per heavy atom. The van der Waals surface area contributed by atoms with Gasteiger partial charge in [0, 0.05) is 10.7 Å². The lowest BCUT2D eigenvalue weighted by Crippen LogP contribution is -2.16. The molecule has 0 saturated heterocycles. The summed E-state index contributed by atoms with van der Waals surface area (Å²) >= 11 is 12.1. The normalized spacial score (nSPS) is 11.5. The van der Waals surface area contributed by atoms with Crippen LogP contribution < -0.4 is 10.0 Å². The number of aryl methyl sites for hydroxylation is 2. The number of hydrogen-bond donors (Lipinski definition) is 2. The number of nitrogens with one attached hydrogen (secondary N) is 2. The molecule has 0 unspecified atom stereocenters. The molecular weight excluding hydrogens is 455 g/mol. The lowest BCUT2D eigenvalue weighted by atomic mass is 10.1. The third-order valence-electron chi connectivity index (χ3n) is 4.47. The summed E-state index contributed by atoms with van der Waals surface area (Å²) in [6.45, 7) is 3.96. The Morgan fingerprint density at radius 1 is 0.806 bits per heavy atom. The molecule has 0 aliphatic carbocycles. The van der Waals surface area contributed by atoms with Gasteiger partial charge in [-0.15, -0.1) is 0 Å².